The van der Waals surface area contributed by atoms with Crippen molar-refractivity contribution in [2.24, 2.45) is 0 Å². The summed E-state index contributed by atoms with van der Waals surface area (Å²) in [5, 5.41) is 20.1. The standard InChI is InChI=1S/C9H10ClNO3/c1-2-9(12)6-3-4-7(10)8(5-6)11(13)14/h3-5,9,12H,2H2,1H3. The third-order valence-corrected chi connectivity index (χ3v) is 2.26. The van der Waals surface area contributed by atoms with E-state index < -0.39 is 11.0 Å². The minimum absolute atomic E-state index is 0.0852. The fourth-order valence-corrected chi connectivity index (χ4v) is 1.30. The molecule has 0 amide bonds. The molecule has 4 nitrogen and oxygen atoms in total. The van der Waals surface area contributed by atoms with Gasteiger partial charge in [-0.05, 0) is 18.1 Å². The maximum atomic E-state index is 10.5. The average molecular weight is 216 g/mol. The lowest BCUT2D eigenvalue weighted by atomic mass is 10.1. The molecule has 0 aromatic heterocycles. The second-order valence-electron chi connectivity index (χ2n) is 2.89. The van der Waals surface area contributed by atoms with E-state index in [1.165, 1.54) is 12.1 Å². The van der Waals surface area contributed by atoms with Gasteiger partial charge in [-0.15, -0.1) is 0 Å². The minimum Gasteiger partial charge on any atom is -0.388 e. The second kappa shape index (κ2) is 4.39. The SMILES string of the molecule is CCC(O)c1ccc(Cl)c([N+](=O)[O-])c1. The van der Waals surface area contributed by atoms with Crippen LogP contribution in [0.2, 0.25) is 5.02 Å². The molecule has 0 fully saturated rings. The Kier molecular flexibility index (Phi) is 3.43. The van der Waals surface area contributed by atoms with Crippen molar-refractivity contribution in [3.63, 3.8) is 0 Å². The van der Waals surface area contributed by atoms with Gasteiger partial charge in [-0.3, -0.25) is 10.1 Å². The second-order valence-corrected chi connectivity index (χ2v) is 3.30. The van der Waals surface area contributed by atoms with Gasteiger partial charge in [0, 0.05) is 6.07 Å². The van der Waals surface area contributed by atoms with Crippen LogP contribution in [0, 0.1) is 10.1 Å². The topological polar surface area (TPSA) is 63.4 Å². The van der Waals surface area contributed by atoms with E-state index in [0.717, 1.165) is 0 Å². The number of rotatable bonds is 3. The normalized spacial score (nSPS) is 12.5. The van der Waals surface area contributed by atoms with Crippen molar-refractivity contribution in [1.82, 2.24) is 0 Å². The Bertz CT molecular complexity index is 354. The maximum Gasteiger partial charge on any atom is 0.288 e. The average Bonchev–Trinajstić information content (AvgIpc) is 2.17. The van der Waals surface area contributed by atoms with E-state index in [-0.39, 0.29) is 10.7 Å². The number of nitrogens with zero attached hydrogens (tertiary/aromatic N) is 1. The molecule has 14 heavy (non-hydrogen) atoms. The third kappa shape index (κ3) is 2.21. The zero-order valence-electron chi connectivity index (χ0n) is 7.61. The molecular formula is C9H10ClNO3. The van der Waals surface area contributed by atoms with Gasteiger partial charge in [0.25, 0.3) is 5.69 Å². The quantitative estimate of drug-likeness (QED) is 0.623. The molecule has 1 atom stereocenters. The summed E-state index contributed by atoms with van der Waals surface area (Å²) in [7, 11) is 0. The molecule has 1 rings (SSSR count). The van der Waals surface area contributed by atoms with Gasteiger partial charge in [0.05, 0.1) is 11.0 Å². The van der Waals surface area contributed by atoms with Gasteiger partial charge in [-0.25, -0.2) is 0 Å². The van der Waals surface area contributed by atoms with Crippen molar-refractivity contribution in [3.8, 4) is 0 Å². The van der Waals surface area contributed by atoms with Gasteiger partial charge in [-0.1, -0.05) is 24.6 Å². The summed E-state index contributed by atoms with van der Waals surface area (Å²) in [4.78, 5) is 9.96. The Balaban J connectivity index is 3.12. The molecule has 0 aliphatic rings. The highest BCUT2D eigenvalue weighted by atomic mass is 35.5. The Hall–Kier alpha value is -1.13. The Morgan fingerprint density at radius 2 is 2.29 bits per heavy atom. The molecule has 0 spiro atoms. The van der Waals surface area contributed by atoms with Crippen molar-refractivity contribution in [3.05, 3.63) is 38.9 Å². The predicted octanol–water partition coefficient (Wildman–Crippen LogP) is 2.69. The van der Waals surface area contributed by atoms with Gasteiger partial charge in [0.1, 0.15) is 5.02 Å². The molecule has 1 aromatic carbocycles. The van der Waals surface area contributed by atoms with Crippen LogP contribution >= 0.6 is 11.6 Å². The zero-order valence-corrected chi connectivity index (χ0v) is 8.36. The van der Waals surface area contributed by atoms with Crippen molar-refractivity contribution < 1.29 is 10.0 Å². The maximum absolute atomic E-state index is 10.5. The number of nitro benzene ring substituents is 1. The van der Waals surface area contributed by atoms with Crippen molar-refractivity contribution in [1.29, 1.82) is 0 Å². The fourth-order valence-electron chi connectivity index (χ4n) is 1.11. The summed E-state index contributed by atoms with van der Waals surface area (Å²) in [6.45, 7) is 1.80. The largest absolute Gasteiger partial charge is 0.388 e. The molecule has 0 bridgehead atoms. The van der Waals surface area contributed by atoms with Crippen molar-refractivity contribution in [2.45, 2.75) is 19.4 Å². The predicted molar refractivity (Wildman–Crippen MR) is 53.4 cm³/mol. The summed E-state index contributed by atoms with van der Waals surface area (Å²) >= 11 is 5.62. The molecule has 0 aliphatic heterocycles. The number of halogens is 1. The third-order valence-electron chi connectivity index (χ3n) is 1.94. The van der Waals surface area contributed by atoms with Crippen LogP contribution in [-0.4, -0.2) is 10.0 Å². The summed E-state index contributed by atoms with van der Waals surface area (Å²) in [6, 6.07) is 4.31. The molecule has 5 heteroatoms. The number of hydrogen-bond acceptors (Lipinski definition) is 3. The monoisotopic (exact) mass is 215 g/mol. The van der Waals surface area contributed by atoms with E-state index in [4.69, 9.17) is 11.6 Å². The van der Waals surface area contributed by atoms with Crippen molar-refractivity contribution in [2.75, 3.05) is 0 Å². The van der Waals surface area contributed by atoms with Gasteiger partial charge in [-0.2, -0.15) is 0 Å². The van der Waals surface area contributed by atoms with E-state index in [2.05, 4.69) is 0 Å². The lowest BCUT2D eigenvalue weighted by Crippen LogP contribution is -1.97. The van der Waals surface area contributed by atoms with Crippen LogP contribution in [0.3, 0.4) is 0 Å². The van der Waals surface area contributed by atoms with Crippen LogP contribution in [0.4, 0.5) is 5.69 Å². The van der Waals surface area contributed by atoms with Gasteiger partial charge >= 0.3 is 0 Å². The number of nitro groups is 1. The molecule has 0 heterocycles. The van der Waals surface area contributed by atoms with E-state index in [9.17, 15) is 15.2 Å². The molecule has 1 N–H and O–H groups in total. The highest BCUT2D eigenvalue weighted by molar-refractivity contribution is 6.32. The highest BCUT2D eigenvalue weighted by Crippen LogP contribution is 2.28. The first-order valence-electron chi connectivity index (χ1n) is 4.18. The van der Waals surface area contributed by atoms with E-state index in [1.807, 2.05) is 0 Å². The fraction of sp³-hybridized carbons (Fsp3) is 0.333. The van der Waals surface area contributed by atoms with Crippen LogP contribution in [-0.2, 0) is 0 Å². The first-order valence-corrected chi connectivity index (χ1v) is 4.56. The number of hydrogen-bond donors (Lipinski definition) is 1. The minimum atomic E-state index is -0.675. The Morgan fingerprint density at radius 3 is 2.79 bits per heavy atom. The van der Waals surface area contributed by atoms with Gasteiger partial charge in [0.15, 0.2) is 0 Å². The Labute approximate surface area is 86.3 Å². The van der Waals surface area contributed by atoms with Crippen molar-refractivity contribution >= 4 is 17.3 Å². The van der Waals surface area contributed by atoms with Crippen LogP contribution in [0.15, 0.2) is 18.2 Å². The van der Waals surface area contributed by atoms with Crippen LogP contribution < -0.4 is 0 Å². The zero-order chi connectivity index (χ0) is 10.7. The number of aliphatic hydroxyl groups is 1. The highest BCUT2D eigenvalue weighted by Gasteiger charge is 2.15. The van der Waals surface area contributed by atoms with Gasteiger partial charge in [0.2, 0.25) is 0 Å². The molecule has 1 unspecified atom stereocenters. The Morgan fingerprint density at radius 1 is 1.64 bits per heavy atom. The van der Waals surface area contributed by atoms with E-state index in [0.29, 0.717) is 12.0 Å². The van der Waals surface area contributed by atoms with Gasteiger partial charge < -0.3 is 5.11 Å². The first-order chi connectivity index (χ1) is 6.56. The smallest absolute Gasteiger partial charge is 0.288 e. The van der Waals surface area contributed by atoms with E-state index in [1.54, 1.807) is 13.0 Å². The van der Waals surface area contributed by atoms with Crippen LogP contribution in [0.5, 0.6) is 0 Å². The molecule has 0 radical (unpaired) electrons. The summed E-state index contributed by atoms with van der Waals surface area (Å²) < 4.78 is 0. The molecule has 76 valence electrons. The molecule has 1 aromatic rings. The first kappa shape index (κ1) is 10.9. The number of benzene rings is 1. The number of aliphatic hydroxyl groups excluding tert-OH is 1. The molecule has 0 aliphatic carbocycles. The molecule has 0 saturated heterocycles. The van der Waals surface area contributed by atoms with Crippen LogP contribution in [0.1, 0.15) is 25.0 Å². The molecular weight excluding hydrogens is 206 g/mol. The molecule has 0 saturated carbocycles. The summed E-state index contributed by atoms with van der Waals surface area (Å²) in [6.07, 6.45) is -0.162. The van der Waals surface area contributed by atoms with Crippen LogP contribution in [0.25, 0.3) is 0 Å². The van der Waals surface area contributed by atoms with E-state index >= 15 is 0 Å². The summed E-state index contributed by atoms with van der Waals surface area (Å²) in [5.74, 6) is 0. The lowest BCUT2D eigenvalue weighted by molar-refractivity contribution is -0.384. The lowest BCUT2D eigenvalue weighted by Gasteiger charge is -2.07. The summed E-state index contributed by atoms with van der Waals surface area (Å²) in [5.41, 5.74) is 0.347.